The van der Waals surface area contributed by atoms with Gasteiger partial charge in [-0.1, -0.05) is 23.7 Å². The highest BCUT2D eigenvalue weighted by atomic mass is 35.5. The minimum Gasteiger partial charge on any atom is -0.338 e. The van der Waals surface area contributed by atoms with Crippen LogP contribution in [0.1, 0.15) is 37.7 Å². The fourth-order valence-electron chi connectivity index (χ4n) is 3.89. The number of urea groups is 1. The second kappa shape index (κ2) is 6.47. The van der Waals surface area contributed by atoms with Gasteiger partial charge in [0.25, 0.3) is 0 Å². The maximum absolute atomic E-state index is 12.0. The van der Waals surface area contributed by atoms with Gasteiger partial charge in [0, 0.05) is 36.1 Å². The Labute approximate surface area is 137 Å². The molecule has 1 aromatic carbocycles. The largest absolute Gasteiger partial charge is 0.338 e. The van der Waals surface area contributed by atoms with Crippen molar-refractivity contribution < 1.29 is 4.79 Å². The van der Waals surface area contributed by atoms with E-state index in [1.54, 1.807) is 0 Å². The van der Waals surface area contributed by atoms with Gasteiger partial charge < -0.3 is 16.0 Å². The monoisotopic (exact) mass is 321 g/mol. The summed E-state index contributed by atoms with van der Waals surface area (Å²) in [5, 5.41) is 3.71. The molecule has 22 heavy (non-hydrogen) atoms. The number of hydrogen-bond donors (Lipinski definition) is 2. The van der Waals surface area contributed by atoms with Crippen LogP contribution in [0.3, 0.4) is 0 Å². The Kier molecular flexibility index (Phi) is 4.59. The second-order valence-corrected chi connectivity index (χ2v) is 6.94. The fourth-order valence-corrected chi connectivity index (χ4v) is 4.08. The Balaban J connectivity index is 1.72. The van der Waals surface area contributed by atoms with Gasteiger partial charge in [-0.25, -0.2) is 4.79 Å². The number of benzene rings is 1. The first-order valence-corrected chi connectivity index (χ1v) is 8.53. The summed E-state index contributed by atoms with van der Waals surface area (Å²) in [7, 11) is 0. The highest BCUT2D eigenvalue weighted by molar-refractivity contribution is 6.30. The van der Waals surface area contributed by atoms with Crippen LogP contribution in [0.2, 0.25) is 5.02 Å². The third-order valence-electron chi connectivity index (χ3n) is 5.29. The Morgan fingerprint density at radius 2 is 2.14 bits per heavy atom. The molecular formula is C17H24ClN3O. The summed E-state index contributed by atoms with van der Waals surface area (Å²) in [5.74, 6) is 0. The quantitative estimate of drug-likeness (QED) is 0.899. The van der Waals surface area contributed by atoms with Crippen molar-refractivity contribution in [2.45, 2.75) is 43.6 Å². The van der Waals surface area contributed by atoms with E-state index in [1.807, 2.05) is 23.1 Å². The Hall–Kier alpha value is -1.26. The van der Waals surface area contributed by atoms with Gasteiger partial charge in [-0.05, 0) is 49.8 Å². The van der Waals surface area contributed by atoms with E-state index in [9.17, 15) is 4.79 Å². The summed E-state index contributed by atoms with van der Waals surface area (Å²) >= 11 is 6.15. The van der Waals surface area contributed by atoms with E-state index in [2.05, 4.69) is 11.4 Å². The maximum atomic E-state index is 12.0. The van der Waals surface area contributed by atoms with Gasteiger partial charge in [-0.3, -0.25) is 0 Å². The molecule has 1 aromatic rings. The number of halogens is 1. The van der Waals surface area contributed by atoms with Crippen LogP contribution >= 0.6 is 11.6 Å². The topological polar surface area (TPSA) is 58.4 Å². The lowest BCUT2D eigenvalue weighted by Gasteiger charge is -2.44. The summed E-state index contributed by atoms with van der Waals surface area (Å²) in [6.07, 6.45) is 5.09. The first kappa shape index (κ1) is 15.6. The normalized spacial score (nSPS) is 29.3. The third kappa shape index (κ3) is 2.95. The van der Waals surface area contributed by atoms with Gasteiger partial charge in [-0.15, -0.1) is 0 Å². The number of nitrogens with one attached hydrogen (secondary N) is 1. The van der Waals surface area contributed by atoms with Gasteiger partial charge >= 0.3 is 6.03 Å². The smallest absolute Gasteiger partial charge is 0.317 e. The van der Waals surface area contributed by atoms with Crippen molar-refractivity contribution in [1.82, 2.24) is 10.2 Å². The Morgan fingerprint density at radius 3 is 2.77 bits per heavy atom. The van der Waals surface area contributed by atoms with Crippen molar-refractivity contribution in [3.05, 3.63) is 34.9 Å². The summed E-state index contributed by atoms with van der Waals surface area (Å²) in [6, 6.07) is 8.52. The number of carbonyl (C=O) groups excluding carboxylic acids is 1. The number of nitrogens with zero attached hydrogens (tertiary/aromatic N) is 1. The van der Waals surface area contributed by atoms with E-state index < -0.39 is 0 Å². The molecule has 2 amide bonds. The van der Waals surface area contributed by atoms with Gasteiger partial charge in [0.1, 0.15) is 0 Å². The standard InChI is InChI=1S/C17H24ClN3O/c18-14-4-1-3-13(11-14)17(12-19)7-5-15(6-8-17)21-10-2-9-20-16(21)22/h1,3-4,11,15H,2,5-10,12,19H2,(H,20,22)/t15-,17-. The fraction of sp³-hybridized carbons (Fsp3) is 0.588. The first-order chi connectivity index (χ1) is 10.6. The van der Waals surface area contributed by atoms with Crippen LogP contribution in [0.4, 0.5) is 4.79 Å². The minimum absolute atomic E-state index is 0.00760. The lowest BCUT2D eigenvalue weighted by atomic mass is 9.68. The van der Waals surface area contributed by atoms with Gasteiger partial charge in [0.2, 0.25) is 0 Å². The van der Waals surface area contributed by atoms with Crippen molar-refractivity contribution in [1.29, 1.82) is 0 Å². The molecule has 0 radical (unpaired) electrons. The zero-order valence-electron chi connectivity index (χ0n) is 12.9. The average molecular weight is 322 g/mol. The lowest BCUT2D eigenvalue weighted by Crippen LogP contribution is -2.53. The molecule has 1 saturated heterocycles. The second-order valence-electron chi connectivity index (χ2n) is 6.50. The highest BCUT2D eigenvalue weighted by Crippen LogP contribution is 2.41. The van der Waals surface area contributed by atoms with E-state index in [-0.39, 0.29) is 11.4 Å². The van der Waals surface area contributed by atoms with E-state index in [0.29, 0.717) is 12.6 Å². The first-order valence-electron chi connectivity index (χ1n) is 8.15. The predicted molar refractivity (Wildman–Crippen MR) is 89.2 cm³/mol. The van der Waals surface area contributed by atoms with Crippen molar-refractivity contribution in [2.75, 3.05) is 19.6 Å². The van der Waals surface area contributed by atoms with Gasteiger partial charge in [0.15, 0.2) is 0 Å². The number of carbonyl (C=O) groups is 1. The SMILES string of the molecule is NC[C@]1(c2cccc(Cl)c2)CC[C@H](N2CCCNC2=O)CC1. The molecule has 2 aliphatic rings. The molecular weight excluding hydrogens is 298 g/mol. The zero-order valence-corrected chi connectivity index (χ0v) is 13.6. The van der Waals surface area contributed by atoms with E-state index in [1.165, 1.54) is 5.56 Å². The molecule has 1 saturated carbocycles. The number of nitrogens with two attached hydrogens (primary N) is 1. The van der Waals surface area contributed by atoms with Crippen molar-refractivity contribution in [3.8, 4) is 0 Å². The van der Waals surface area contributed by atoms with Crippen LogP contribution in [0, 0.1) is 0 Å². The number of hydrogen-bond acceptors (Lipinski definition) is 2. The summed E-state index contributed by atoms with van der Waals surface area (Å²) in [5.41, 5.74) is 7.38. The molecule has 1 aliphatic heterocycles. The van der Waals surface area contributed by atoms with Crippen LogP contribution in [-0.4, -0.2) is 36.6 Å². The highest BCUT2D eigenvalue weighted by Gasteiger charge is 2.38. The molecule has 0 unspecified atom stereocenters. The van der Waals surface area contributed by atoms with Crippen LogP contribution in [0.15, 0.2) is 24.3 Å². The minimum atomic E-state index is 0.00760. The van der Waals surface area contributed by atoms with Crippen molar-refractivity contribution in [3.63, 3.8) is 0 Å². The summed E-state index contributed by atoms with van der Waals surface area (Å²) < 4.78 is 0. The van der Waals surface area contributed by atoms with Crippen molar-refractivity contribution in [2.24, 2.45) is 5.73 Å². The average Bonchev–Trinajstić information content (AvgIpc) is 2.55. The summed E-state index contributed by atoms with van der Waals surface area (Å²) in [6.45, 7) is 2.31. The zero-order chi connectivity index (χ0) is 15.6. The Bertz CT molecular complexity index is 540. The lowest BCUT2D eigenvalue weighted by molar-refractivity contribution is 0.124. The van der Waals surface area contributed by atoms with Crippen LogP contribution < -0.4 is 11.1 Å². The molecule has 0 aromatic heterocycles. The Morgan fingerprint density at radius 1 is 1.36 bits per heavy atom. The molecule has 0 bridgehead atoms. The molecule has 5 heteroatoms. The van der Waals surface area contributed by atoms with E-state index in [4.69, 9.17) is 17.3 Å². The maximum Gasteiger partial charge on any atom is 0.317 e. The predicted octanol–water partition coefficient (Wildman–Crippen LogP) is 2.89. The molecule has 3 rings (SSSR count). The van der Waals surface area contributed by atoms with E-state index in [0.717, 1.165) is 50.2 Å². The molecule has 0 atom stereocenters. The van der Waals surface area contributed by atoms with E-state index >= 15 is 0 Å². The molecule has 3 N–H and O–H groups in total. The molecule has 1 heterocycles. The number of amides is 2. The van der Waals surface area contributed by atoms with Gasteiger partial charge in [-0.2, -0.15) is 0 Å². The molecule has 1 aliphatic carbocycles. The molecule has 2 fully saturated rings. The van der Waals surface area contributed by atoms with Crippen LogP contribution in [-0.2, 0) is 5.41 Å². The van der Waals surface area contributed by atoms with Crippen molar-refractivity contribution >= 4 is 17.6 Å². The molecule has 0 spiro atoms. The molecule has 120 valence electrons. The van der Waals surface area contributed by atoms with Gasteiger partial charge in [0.05, 0.1) is 0 Å². The summed E-state index contributed by atoms with van der Waals surface area (Å²) in [4.78, 5) is 14.0. The van der Waals surface area contributed by atoms with Crippen LogP contribution in [0.25, 0.3) is 0 Å². The molecule has 4 nitrogen and oxygen atoms in total. The number of rotatable bonds is 3. The third-order valence-corrected chi connectivity index (χ3v) is 5.53. The van der Waals surface area contributed by atoms with Crippen LogP contribution in [0.5, 0.6) is 0 Å².